The van der Waals surface area contributed by atoms with Crippen molar-refractivity contribution in [1.29, 1.82) is 0 Å². The lowest BCUT2D eigenvalue weighted by atomic mass is 10.2. The van der Waals surface area contributed by atoms with E-state index in [1.165, 1.54) is 12.8 Å². The van der Waals surface area contributed by atoms with Gasteiger partial charge in [-0.2, -0.15) is 0 Å². The molecular weight excluding hydrogens is 258 g/mol. The lowest BCUT2D eigenvalue weighted by molar-refractivity contribution is 0.694. The van der Waals surface area contributed by atoms with Gasteiger partial charge in [0.1, 0.15) is 5.82 Å². The molecule has 0 saturated heterocycles. The van der Waals surface area contributed by atoms with Gasteiger partial charge < -0.3 is 10.2 Å². The van der Waals surface area contributed by atoms with Crippen LogP contribution in [0.2, 0.25) is 5.02 Å². The highest BCUT2D eigenvalue weighted by Gasteiger charge is 2.24. The van der Waals surface area contributed by atoms with Crippen molar-refractivity contribution in [2.24, 2.45) is 5.92 Å². The van der Waals surface area contributed by atoms with E-state index in [1.54, 1.807) is 6.20 Å². The molecule has 1 heterocycles. The maximum atomic E-state index is 6.21. The van der Waals surface area contributed by atoms with Crippen molar-refractivity contribution in [2.75, 3.05) is 24.5 Å². The Balaban J connectivity index is 2.10. The summed E-state index contributed by atoms with van der Waals surface area (Å²) in [7, 11) is 0. The minimum Gasteiger partial charge on any atom is -0.356 e. The summed E-state index contributed by atoms with van der Waals surface area (Å²) in [6, 6.07) is 2.14. The fourth-order valence-corrected chi connectivity index (χ4v) is 2.39. The van der Waals surface area contributed by atoms with Crippen LogP contribution < -0.4 is 10.2 Å². The van der Waals surface area contributed by atoms with Gasteiger partial charge in [-0.1, -0.05) is 25.4 Å². The Labute approximate surface area is 121 Å². The second kappa shape index (κ2) is 7.11. The van der Waals surface area contributed by atoms with Gasteiger partial charge in [0.25, 0.3) is 0 Å². The molecular formula is C15H24ClN3. The fraction of sp³-hybridized carbons (Fsp3) is 0.667. The predicted molar refractivity (Wildman–Crippen MR) is 81.9 cm³/mol. The number of hydrogen-bond donors (Lipinski definition) is 1. The third-order valence-electron chi connectivity index (χ3n) is 3.48. The highest BCUT2D eigenvalue weighted by atomic mass is 35.5. The Hall–Kier alpha value is -0.800. The summed E-state index contributed by atoms with van der Waals surface area (Å²) in [4.78, 5) is 6.92. The van der Waals surface area contributed by atoms with Crippen LogP contribution in [0, 0.1) is 5.92 Å². The molecule has 0 spiro atoms. The van der Waals surface area contributed by atoms with E-state index in [2.05, 4.69) is 35.1 Å². The van der Waals surface area contributed by atoms with Crippen LogP contribution in [0.5, 0.6) is 0 Å². The molecule has 2 rings (SSSR count). The molecule has 1 aromatic heterocycles. The van der Waals surface area contributed by atoms with Crippen LogP contribution in [-0.4, -0.2) is 24.6 Å². The Morgan fingerprint density at radius 2 is 2.21 bits per heavy atom. The van der Waals surface area contributed by atoms with Crippen molar-refractivity contribution in [3.63, 3.8) is 0 Å². The van der Waals surface area contributed by atoms with E-state index >= 15 is 0 Å². The van der Waals surface area contributed by atoms with Crippen molar-refractivity contribution in [3.05, 3.63) is 22.8 Å². The molecule has 0 bridgehead atoms. The minimum atomic E-state index is 0.757. The van der Waals surface area contributed by atoms with Crippen molar-refractivity contribution in [1.82, 2.24) is 10.3 Å². The molecule has 1 saturated carbocycles. The predicted octanol–water partition coefficient (Wildman–Crippen LogP) is 3.47. The number of halogens is 1. The summed E-state index contributed by atoms with van der Waals surface area (Å²) < 4.78 is 0. The van der Waals surface area contributed by atoms with E-state index in [1.807, 2.05) is 0 Å². The van der Waals surface area contributed by atoms with E-state index in [4.69, 9.17) is 11.6 Å². The average molecular weight is 282 g/mol. The number of aromatic nitrogens is 1. The first kappa shape index (κ1) is 14.6. The first-order valence-electron chi connectivity index (χ1n) is 7.34. The highest BCUT2D eigenvalue weighted by molar-refractivity contribution is 6.31. The largest absolute Gasteiger partial charge is 0.356 e. The smallest absolute Gasteiger partial charge is 0.128 e. The number of nitrogens with one attached hydrogen (secondary N) is 1. The lowest BCUT2D eigenvalue weighted by Gasteiger charge is -2.24. The van der Waals surface area contributed by atoms with Crippen LogP contribution in [-0.2, 0) is 6.54 Å². The Bertz CT molecular complexity index is 404. The molecule has 4 heteroatoms. The summed E-state index contributed by atoms with van der Waals surface area (Å²) in [6.07, 6.45) is 5.69. The van der Waals surface area contributed by atoms with Gasteiger partial charge in [0.15, 0.2) is 0 Å². The van der Waals surface area contributed by atoms with Crippen LogP contribution >= 0.6 is 11.6 Å². The SMILES string of the molecule is CCCN(CC1CC1)c1cc(CNCC)c(Cl)cn1. The first-order valence-corrected chi connectivity index (χ1v) is 7.72. The molecule has 0 atom stereocenters. The van der Waals surface area contributed by atoms with E-state index in [0.29, 0.717) is 0 Å². The monoisotopic (exact) mass is 281 g/mol. The summed E-state index contributed by atoms with van der Waals surface area (Å²) in [5.74, 6) is 1.95. The van der Waals surface area contributed by atoms with Gasteiger partial charge in [-0.3, -0.25) is 0 Å². The van der Waals surface area contributed by atoms with Gasteiger partial charge in [-0.05, 0) is 43.4 Å². The first-order chi connectivity index (χ1) is 9.24. The van der Waals surface area contributed by atoms with Crippen molar-refractivity contribution >= 4 is 17.4 Å². The van der Waals surface area contributed by atoms with Gasteiger partial charge in [0.2, 0.25) is 0 Å². The maximum Gasteiger partial charge on any atom is 0.128 e. The molecule has 1 fully saturated rings. The van der Waals surface area contributed by atoms with E-state index in [9.17, 15) is 0 Å². The second-order valence-electron chi connectivity index (χ2n) is 5.30. The van der Waals surface area contributed by atoms with Gasteiger partial charge in [0.05, 0.1) is 5.02 Å². The standard InChI is InChI=1S/C15H24ClN3/c1-3-7-19(11-12-5-6-12)15-8-13(9-17-4-2)14(16)10-18-15/h8,10,12,17H,3-7,9,11H2,1-2H3. The molecule has 106 valence electrons. The normalized spacial score (nSPS) is 14.7. The van der Waals surface area contributed by atoms with Crippen molar-refractivity contribution < 1.29 is 0 Å². The summed E-state index contributed by atoms with van der Waals surface area (Å²) in [5.41, 5.74) is 1.14. The molecule has 1 N–H and O–H groups in total. The zero-order chi connectivity index (χ0) is 13.7. The molecule has 19 heavy (non-hydrogen) atoms. The van der Waals surface area contributed by atoms with Crippen molar-refractivity contribution in [3.8, 4) is 0 Å². The molecule has 3 nitrogen and oxygen atoms in total. The molecule has 1 aliphatic carbocycles. The molecule has 1 aliphatic rings. The van der Waals surface area contributed by atoms with Crippen molar-refractivity contribution in [2.45, 2.75) is 39.7 Å². The third kappa shape index (κ3) is 4.36. The maximum absolute atomic E-state index is 6.21. The van der Waals surface area contributed by atoms with Gasteiger partial charge in [-0.25, -0.2) is 4.98 Å². The lowest BCUT2D eigenvalue weighted by Crippen LogP contribution is -2.27. The number of nitrogens with zero attached hydrogens (tertiary/aromatic N) is 2. The number of anilines is 1. The van der Waals surface area contributed by atoms with Crippen LogP contribution in [0.25, 0.3) is 0 Å². The molecule has 0 aliphatic heterocycles. The summed E-state index contributed by atoms with van der Waals surface area (Å²) in [6.45, 7) is 8.31. The third-order valence-corrected chi connectivity index (χ3v) is 3.82. The zero-order valence-corrected chi connectivity index (χ0v) is 12.7. The topological polar surface area (TPSA) is 28.2 Å². The second-order valence-corrected chi connectivity index (χ2v) is 5.71. The van der Waals surface area contributed by atoms with E-state index in [-0.39, 0.29) is 0 Å². The molecule has 0 unspecified atom stereocenters. The van der Waals surface area contributed by atoms with Gasteiger partial charge >= 0.3 is 0 Å². The summed E-state index contributed by atoms with van der Waals surface area (Å²) >= 11 is 6.21. The highest BCUT2D eigenvalue weighted by Crippen LogP contribution is 2.31. The average Bonchev–Trinajstić information content (AvgIpc) is 3.21. The number of hydrogen-bond acceptors (Lipinski definition) is 3. The summed E-state index contributed by atoms with van der Waals surface area (Å²) in [5, 5.41) is 4.08. The Morgan fingerprint density at radius 3 is 2.84 bits per heavy atom. The van der Waals surface area contributed by atoms with Crippen LogP contribution in [0.15, 0.2) is 12.3 Å². The van der Waals surface area contributed by atoms with Crippen LogP contribution in [0.1, 0.15) is 38.7 Å². The van der Waals surface area contributed by atoms with E-state index in [0.717, 1.165) is 54.9 Å². The molecule has 0 radical (unpaired) electrons. The van der Waals surface area contributed by atoms with Gasteiger partial charge in [-0.15, -0.1) is 0 Å². The molecule has 0 aromatic carbocycles. The number of pyridine rings is 1. The van der Waals surface area contributed by atoms with Crippen LogP contribution in [0.4, 0.5) is 5.82 Å². The Morgan fingerprint density at radius 1 is 1.42 bits per heavy atom. The Kier molecular flexibility index (Phi) is 5.46. The van der Waals surface area contributed by atoms with Crippen LogP contribution in [0.3, 0.4) is 0 Å². The zero-order valence-electron chi connectivity index (χ0n) is 12.0. The quantitative estimate of drug-likeness (QED) is 0.791. The number of rotatable bonds is 8. The minimum absolute atomic E-state index is 0.757. The van der Waals surface area contributed by atoms with Gasteiger partial charge in [0, 0.05) is 25.8 Å². The molecule has 0 amide bonds. The molecule has 1 aromatic rings. The van der Waals surface area contributed by atoms with E-state index < -0.39 is 0 Å². The fourth-order valence-electron chi connectivity index (χ4n) is 2.22.